The Bertz CT molecular complexity index is 780. The summed E-state index contributed by atoms with van der Waals surface area (Å²) in [5.41, 5.74) is 1.50. The van der Waals surface area contributed by atoms with Gasteiger partial charge in [0, 0.05) is 30.2 Å². The van der Waals surface area contributed by atoms with E-state index in [0.717, 1.165) is 32.4 Å². The molecule has 1 aromatic carbocycles. The van der Waals surface area contributed by atoms with Gasteiger partial charge in [0.2, 0.25) is 0 Å². The van der Waals surface area contributed by atoms with Gasteiger partial charge in [0.05, 0.1) is 10.6 Å². The van der Waals surface area contributed by atoms with Crippen LogP contribution in [0.5, 0.6) is 0 Å². The smallest absolute Gasteiger partial charge is 0.277 e. The molecule has 146 valence electrons. The Morgan fingerprint density at radius 1 is 1.07 bits per heavy atom. The van der Waals surface area contributed by atoms with Crippen LogP contribution >= 0.6 is 23.2 Å². The van der Waals surface area contributed by atoms with Crippen molar-refractivity contribution in [3.05, 3.63) is 39.5 Å². The molecular formula is C21H26Cl2N2O2. The van der Waals surface area contributed by atoms with Gasteiger partial charge in [0.25, 0.3) is 11.8 Å². The molecule has 0 N–H and O–H groups in total. The number of benzene rings is 1. The minimum atomic E-state index is -0.251. The van der Waals surface area contributed by atoms with Gasteiger partial charge < -0.3 is 4.90 Å². The summed E-state index contributed by atoms with van der Waals surface area (Å²) in [5, 5.41) is 0.900. The Balaban J connectivity index is 2.09. The van der Waals surface area contributed by atoms with Crippen molar-refractivity contribution in [2.45, 2.75) is 40.0 Å². The van der Waals surface area contributed by atoms with Gasteiger partial charge in [-0.15, -0.1) is 0 Å². The number of likely N-dealkylation sites (tertiary alicyclic amines) is 1. The lowest BCUT2D eigenvalue weighted by Gasteiger charge is -2.37. The van der Waals surface area contributed by atoms with Crippen LogP contribution < -0.4 is 0 Å². The van der Waals surface area contributed by atoms with Crippen LogP contribution in [0.25, 0.3) is 5.57 Å². The van der Waals surface area contributed by atoms with Gasteiger partial charge in [-0.3, -0.25) is 14.5 Å². The molecule has 1 aromatic rings. The van der Waals surface area contributed by atoms with Crippen LogP contribution in [-0.2, 0) is 9.59 Å². The molecule has 2 atom stereocenters. The first-order valence-electron chi connectivity index (χ1n) is 9.64. The first kappa shape index (κ1) is 20.2. The van der Waals surface area contributed by atoms with E-state index < -0.39 is 0 Å². The minimum Gasteiger partial charge on any atom is -0.366 e. The van der Waals surface area contributed by atoms with Gasteiger partial charge in [-0.2, -0.15) is 0 Å². The highest BCUT2D eigenvalue weighted by molar-refractivity contribution is 6.41. The molecule has 0 spiro atoms. The van der Waals surface area contributed by atoms with Crippen LogP contribution in [0.15, 0.2) is 23.9 Å². The SMILES string of the molecule is CCCCN1C(=O)C(c2ccc(Cl)cc2Cl)=C(N2CC(C)CC(C)C2)C1=O. The maximum absolute atomic E-state index is 13.2. The van der Waals surface area contributed by atoms with Crippen molar-refractivity contribution in [1.29, 1.82) is 0 Å². The van der Waals surface area contributed by atoms with Gasteiger partial charge >= 0.3 is 0 Å². The lowest BCUT2D eigenvalue weighted by Crippen LogP contribution is -2.42. The van der Waals surface area contributed by atoms with Crippen molar-refractivity contribution in [2.24, 2.45) is 11.8 Å². The van der Waals surface area contributed by atoms with Crippen LogP contribution in [0, 0.1) is 11.8 Å². The molecule has 1 fully saturated rings. The van der Waals surface area contributed by atoms with Crippen molar-refractivity contribution in [3.8, 4) is 0 Å². The topological polar surface area (TPSA) is 40.6 Å². The van der Waals surface area contributed by atoms with E-state index in [1.165, 1.54) is 4.90 Å². The molecule has 3 rings (SSSR count). The number of carbonyl (C=O) groups is 2. The second-order valence-electron chi connectivity index (χ2n) is 7.81. The summed E-state index contributed by atoms with van der Waals surface area (Å²) < 4.78 is 0. The van der Waals surface area contributed by atoms with E-state index in [1.54, 1.807) is 18.2 Å². The minimum absolute atomic E-state index is 0.198. The lowest BCUT2D eigenvalue weighted by molar-refractivity contribution is -0.137. The molecule has 0 aromatic heterocycles. The maximum atomic E-state index is 13.2. The van der Waals surface area contributed by atoms with Gasteiger partial charge in [0.15, 0.2) is 0 Å². The Morgan fingerprint density at radius 3 is 2.33 bits per heavy atom. The quantitative estimate of drug-likeness (QED) is 0.653. The standard InChI is InChI=1S/C21H26Cl2N2O2/c1-4-5-8-25-20(26)18(16-7-6-15(22)10-17(16)23)19(21(25)27)24-11-13(2)9-14(3)12-24/h6-7,10,13-14H,4-5,8-9,11-12H2,1-3H3. The van der Waals surface area contributed by atoms with Crippen molar-refractivity contribution in [3.63, 3.8) is 0 Å². The molecule has 2 heterocycles. The molecule has 27 heavy (non-hydrogen) atoms. The predicted octanol–water partition coefficient (Wildman–Crippen LogP) is 4.85. The average molecular weight is 409 g/mol. The summed E-state index contributed by atoms with van der Waals surface area (Å²) in [5.74, 6) is 0.487. The van der Waals surface area contributed by atoms with Crippen molar-refractivity contribution >= 4 is 40.6 Å². The fraction of sp³-hybridized carbons (Fsp3) is 0.524. The van der Waals surface area contributed by atoms with Crippen LogP contribution in [0.1, 0.15) is 45.6 Å². The Labute approximate surface area is 171 Å². The fourth-order valence-electron chi connectivity index (χ4n) is 4.16. The third-order valence-corrected chi connectivity index (χ3v) is 5.81. The highest BCUT2D eigenvalue weighted by atomic mass is 35.5. The van der Waals surface area contributed by atoms with E-state index in [4.69, 9.17) is 23.2 Å². The van der Waals surface area contributed by atoms with Crippen molar-refractivity contribution in [2.75, 3.05) is 19.6 Å². The number of carbonyl (C=O) groups excluding carboxylic acids is 2. The zero-order valence-electron chi connectivity index (χ0n) is 16.1. The zero-order chi connectivity index (χ0) is 19.7. The number of nitrogens with zero attached hydrogens (tertiary/aromatic N) is 2. The van der Waals surface area contributed by atoms with E-state index in [2.05, 4.69) is 18.7 Å². The predicted molar refractivity (Wildman–Crippen MR) is 110 cm³/mol. The van der Waals surface area contributed by atoms with Crippen LogP contribution in [0.4, 0.5) is 0 Å². The van der Waals surface area contributed by atoms with Crippen molar-refractivity contribution in [1.82, 2.24) is 9.80 Å². The lowest BCUT2D eigenvalue weighted by atomic mass is 9.91. The molecular weight excluding hydrogens is 383 g/mol. The normalized spacial score (nSPS) is 23.6. The first-order valence-corrected chi connectivity index (χ1v) is 10.4. The number of piperidine rings is 1. The van der Waals surface area contributed by atoms with Gasteiger partial charge in [-0.25, -0.2) is 0 Å². The summed E-state index contributed by atoms with van der Waals surface area (Å²) in [6.45, 7) is 8.40. The van der Waals surface area contributed by atoms with Gasteiger partial charge in [0.1, 0.15) is 5.70 Å². The van der Waals surface area contributed by atoms with Gasteiger partial charge in [-0.1, -0.05) is 56.5 Å². The molecule has 2 aliphatic heterocycles. The molecule has 2 unspecified atom stereocenters. The second kappa shape index (κ2) is 8.24. The van der Waals surface area contributed by atoms with Crippen LogP contribution in [0.2, 0.25) is 10.0 Å². The van der Waals surface area contributed by atoms with Crippen LogP contribution in [-0.4, -0.2) is 41.2 Å². The number of unbranched alkanes of at least 4 members (excludes halogenated alkanes) is 1. The van der Waals surface area contributed by atoms with E-state index in [1.807, 2.05) is 6.92 Å². The molecule has 2 aliphatic rings. The van der Waals surface area contributed by atoms with E-state index in [-0.39, 0.29) is 11.8 Å². The Kier molecular flexibility index (Phi) is 6.17. The Morgan fingerprint density at radius 2 is 1.74 bits per heavy atom. The number of hydrogen-bond donors (Lipinski definition) is 0. The maximum Gasteiger partial charge on any atom is 0.277 e. The van der Waals surface area contributed by atoms with E-state index in [0.29, 0.717) is 45.3 Å². The molecule has 0 radical (unpaired) electrons. The van der Waals surface area contributed by atoms with Gasteiger partial charge in [-0.05, 0) is 36.8 Å². The first-order chi connectivity index (χ1) is 12.8. The molecule has 0 saturated carbocycles. The van der Waals surface area contributed by atoms with Crippen LogP contribution in [0.3, 0.4) is 0 Å². The molecule has 4 nitrogen and oxygen atoms in total. The number of hydrogen-bond acceptors (Lipinski definition) is 3. The monoisotopic (exact) mass is 408 g/mol. The second-order valence-corrected chi connectivity index (χ2v) is 8.66. The molecule has 0 bridgehead atoms. The average Bonchev–Trinajstić information content (AvgIpc) is 2.83. The number of rotatable bonds is 5. The Hall–Kier alpha value is -1.52. The largest absolute Gasteiger partial charge is 0.366 e. The third kappa shape index (κ3) is 4.02. The van der Waals surface area contributed by atoms with E-state index in [9.17, 15) is 9.59 Å². The van der Waals surface area contributed by atoms with E-state index >= 15 is 0 Å². The molecule has 1 saturated heterocycles. The highest BCUT2D eigenvalue weighted by Gasteiger charge is 2.43. The number of imide groups is 1. The summed E-state index contributed by atoms with van der Waals surface area (Å²) in [4.78, 5) is 29.9. The molecule has 2 amide bonds. The number of amides is 2. The number of halogens is 2. The summed E-state index contributed by atoms with van der Waals surface area (Å²) in [6.07, 6.45) is 2.84. The molecule has 0 aliphatic carbocycles. The third-order valence-electron chi connectivity index (χ3n) is 5.26. The van der Waals surface area contributed by atoms with Crippen molar-refractivity contribution < 1.29 is 9.59 Å². The summed E-state index contributed by atoms with van der Waals surface area (Å²) >= 11 is 12.5. The summed E-state index contributed by atoms with van der Waals surface area (Å²) in [6, 6.07) is 5.07. The molecule has 6 heteroatoms. The zero-order valence-corrected chi connectivity index (χ0v) is 17.6. The fourth-order valence-corrected chi connectivity index (χ4v) is 4.66. The summed E-state index contributed by atoms with van der Waals surface area (Å²) in [7, 11) is 0. The highest BCUT2D eigenvalue weighted by Crippen LogP contribution is 2.38.